The normalized spacial score (nSPS) is 12.5. The molecule has 1 N–H and O–H groups in total. The van der Waals surface area contributed by atoms with Crippen LogP contribution in [0.25, 0.3) is 10.9 Å². The van der Waals surface area contributed by atoms with Crippen LogP contribution in [-0.4, -0.2) is 10.5 Å². The smallest absolute Gasteiger partial charge is 0.222 e. The maximum Gasteiger partial charge on any atom is 0.222 e. The molecule has 1 aromatic carbocycles. The monoisotopic (exact) mass is 296 g/mol. The molecule has 0 spiro atoms. The Labute approximate surface area is 129 Å². The van der Waals surface area contributed by atoms with Gasteiger partial charge in [-0.1, -0.05) is 18.2 Å². The van der Waals surface area contributed by atoms with Gasteiger partial charge in [0, 0.05) is 24.7 Å². The molecule has 0 aliphatic rings. The summed E-state index contributed by atoms with van der Waals surface area (Å²) in [5, 5.41) is 4.17. The van der Waals surface area contributed by atoms with E-state index in [1.165, 1.54) is 5.39 Å². The lowest BCUT2D eigenvalue weighted by Gasteiger charge is -2.12. The molecule has 0 aliphatic carbocycles. The Kier molecular flexibility index (Phi) is 4.00. The van der Waals surface area contributed by atoms with Crippen LogP contribution in [0.1, 0.15) is 30.9 Å². The first-order valence-corrected chi connectivity index (χ1v) is 7.53. The summed E-state index contributed by atoms with van der Waals surface area (Å²) in [5.41, 5.74) is 1.16. The largest absolute Gasteiger partial charge is 0.464 e. The predicted octanol–water partition coefficient (Wildman–Crippen LogP) is 3.81. The highest BCUT2D eigenvalue weighted by molar-refractivity contribution is 5.80. The molecule has 0 saturated heterocycles. The third kappa shape index (κ3) is 3.06. The van der Waals surface area contributed by atoms with E-state index in [1.807, 2.05) is 44.3 Å². The second kappa shape index (κ2) is 6.10. The molecule has 114 valence electrons. The molecule has 22 heavy (non-hydrogen) atoms. The Hall–Kier alpha value is -2.49. The van der Waals surface area contributed by atoms with Gasteiger partial charge >= 0.3 is 0 Å². The zero-order valence-corrected chi connectivity index (χ0v) is 12.9. The van der Waals surface area contributed by atoms with Crippen molar-refractivity contribution in [2.75, 3.05) is 0 Å². The highest BCUT2D eigenvalue weighted by atomic mass is 16.3. The number of nitrogens with zero attached hydrogens (tertiary/aromatic N) is 1. The van der Waals surface area contributed by atoms with Crippen LogP contribution in [0.15, 0.2) is 53.1 Å². The first-order chi connectivity index (χ1) is 10.6. The second-order valence-corrected chi connectivity index (χ2v) is 5.56. The first kappa shape index (κ1) is 14.4. The number of benzene rings is 1. The fourth-order valence-corrected chi connectivity index (χ4v) is 2.63. The summed E-state index contributed by atoms with van der Waals surface area (Å²) < 4.78 is 7.64. The summed E-state index contributed by atoms with van der Waals surface area (Å²) in [6.45, 7) is 4.50. The van der Waals surface area contributed by atoms with E-state index in [9.17, 15) is 4.79 Å². The van der Waals surface area contributed by atoms with Gasteiger partial charge in [0.2, 0.25) is 5.91 Å². The number of para-hydroxylation sites is 1. The molecule has 4 heteroatoms. The van der Waals surface area contributed by atoms with Gasteiger partial charge in [0.05, 0.1) is 6.04 Å². The average molecular weight is 296 g/mol. The number of amides is 1. The van der Waals surface area contributed by atoms with Gasteiger partial charge in [-0.2, -0.15) is 0 Å². The van der Waals surface area contributed by atoms with E-state index in [1.54, 1.807) is 0 Å². The molecule has 3 aromatic rings. The maximum atomic E-state index is 12.1. The molecule has 4 nitrogen and oxygen atoms in total. The van der Waals surface area contributed by atoms with E-state index in [2.05, 4.69) is 28.1 Å². The number of fused-ring (bicyclic) bond motifs is 1. The molecule has 0 unspecified atom stereocenters. The number of aromatic nitrogens is 1. The van der Waals surface area contributed by atoms with E-state index in [0.717, 1.165) is 17.0 Å². The van der Waals surface area contributed by atoms with Crippen molar-refractivity contribution in [1.29, 1.82) is 0 Å². The lowest BCUT2D eigenvalue weighted by molar-refractivity contribution is -0.122. The van der Waals surface area contributed by atoms with Crippen molar-refractivity contribution in [2.45, 2.75) is 32.9 Å². The molecule has 0 fully saturated rings. The standard InChI is InChI=1S/C18H20N2O2/c1-13-7-8-17(22-13)14(2)19-18(21)10-12-20-11-9-15-5-3-4-6-16(15)20/h3-9,11,14H,10,12H2,1-2H3,(H,19,21)/t14-/m1/s1. The van der Waals surface area contributed by atoms with Crippen LogP contribution in [0.5, 0.6) is 0 Å². The number of hydrogen-bond donors (Lipinski definition) is 1. The minimum absolute atomic E-state index is 0.0272. The molecular weight excluding hydrogens is 276 g/mol. The van der Waals surface area contributed by atoms with Gasteiger partial charge in [0.25, 0.3) is 0 Å². The SMILES string of the molecule is Cc1ccc([C@@H](C)NC(=O)CCn2ccc3ccccc32)o1. The third-order valence-electron chi connectivity index (χ3n) is 3.83. The minimum Gasteiger partial charge on any atom is -0.464 e. The number of furan rings is 1. The summed E-state index contributed by atoms with van der Waals surface area (Å²) in [6.07, 6.45) is 2.47. The molecule has 1 amide bonds. The van der Waals surface area contributed by atoms with E-state index in [4.69, 9.17) is 4.42 Å². The molecule has 0 bridgehead atoms. The van der Waals surface area contributed by atoms with Crippen molar-refractivity contribution < 1.29 is 9.21 Å². The van der Waals surface area contributed by atoms with E-state index < -0.39 is 0 Å². The van der Waals surface area contributed by atoms with Gasteiger partial charge in [0.1, 0.15) is 11.5 Å². The van der Waals surface area contributed by atoms with Crippen LogP contribution >= 0.6 is 0 Å². The minimum atomic E-state index is -0.109. The first-order valence-electron chi connectivity index (χ1n) is 7.53. The molecule has 1 atom stereocenters. The molecule has 2 heterocycles. The van der Waals surface area contributed by atoms with Crippen molar-refractivity contribution >= 4 is 16.8 Å². The van der Waals surface area contributed by atoms with Crippen LogP contribution in [0.4, 0.5) is 0 Å². The number of carbonyl (C=O) groups is 1. The Morgan fingerprint density at radius 3 is 2.82 bits per heavy atom. The number of nitrogens with one attached hydrogen (secondary N) is 1. The molecule has 0 saturated carbocycles. The number of aryl methyl sites for hydroxylation is 2. The van der Waals surface area contributed by atoms with Crippen LogP contribution in [0.3, 0.4) is 0 Å². The molecule has 0 aliphatic heterocycles. The Morgan fingerprint density at radius 2 is 2.05 bits per heavy atom. The molecule has 0 radical (unpaired) electrons. The van der Waals surface area contributed by atoms with Gasteiger partial charge in [-0.3, -0.25) is 4.79 Å². The Morgan fingerprint density at radius 1 is 1.23 bits per heavy atom. The van der Waals surface area contributed by atoms with Crippen LogP contribution in [0, 0.1) is 6.92 Å². The van der Waals surface area contributed by atoms with Crippen molar-refractivity contribution in [2.24, 2.45) is 0 Å². The van der Waals surface area contributed by atoms with Crippen molar-refractivity contribution in [3.63, 3.8) is 0 Å². The summed E-state index contributed by atoms with van der Waals surface area (Å²) in [7, 11) is 0. The van der Waals surface area contributed by atoms with Gasteiger partial charge in [0.15, 0.2) is 0 Å². The number of hydrogen-bond acceptors (Lipinski definition) is 2. The van der Waals surface area contributed by atoms with Gasteiger partial charge in [-0.25, -0.2) is 0 Å². The molecule has 2 aromatic heterocycles. The predicted molar refractivity (Wildman–Crippen MR) is 86.6 cm³/mol. The lowest BCUT2D eigenvalue weighted by Crippen LogP contribution is -2.27. The summed E-state index contributed by atoms with van der Waals surface area (Å²) in [6, 6.07) is 14.0. The fraction of sp³-hybridized carbons (Fsp3) is 0.278. The van der Waals surface area contributed by atoms with Gasteiger partial charge in [-0.05, 0) is 43.5 Å². The van der Waals surface area contributed by atoms with Crippen LogP contribution in [-0.2, 0) is 11.3 Å². The van der Waals surface area contributed by atoms with Crippen molar-refractivity contribution in [3.8, 4) is 0 Å². The van der Waals surface area contributed by atoms with E-state index >= 15 is 0 Å². The zero-order chi connectivity index (χ0) is 15.5. The van der Waals surface area contributed by atoms with Crippen LogP contribution in [0.2, 0.25) is 0 Å². The average Bonchev–Trinajstić information content (AvgIpc) is 3.11. The summed E-state index contributed by atoms with van der Waals surface area (Å²) >= 11 is 0. The lowest BCUT2D eigenvalue weighted by atomic mass is 10.2. The van der Waals surface area contributed by atoms with Gasteiger partial charge in [-0.15, -0.1) is 0 Å². The molecule has 3 rings (SSSR count). The zero-order valence-electron chi connectivity index (χ0n) is 12.9. The maximum absolute atomic E-state index is 12.1. The molecular formula is C18H20N2O2. The van der Waals surface area contributed by atoms with Gasteiger partial charge < -0.3 is 14.3 Å². The third-order valence-corrected chi connectivity index (χ3v) is 3.83. The topological polar surface area (TPSA) is 47.2 Å². The van der Waals surface area contributed by atoms with E-state index in [-0.39, 0.29) is 11.9 Å². The summed E-state index contributed by atoms with van der Waals surface area (Å²) in [5.74, 6) is 1.67. The summed E-state index contributed by atoms with van der Waals surface area (Å²) in [4.78, 5) is 12.1. The fourth-order valence-electron chi connectivity index (χ4n) is 2.63. The Bertz CT molecular complexity index is 785. The second-order valence-electron chi connectivity index (χ2n) is 5.56. The number of carbonyl (C=O) groups excluding carboxylic acids is 1. The highest BCUT2D eigenvalue weighted by Gasteiger charge is 2.12. The Balaban J connectivity index is 1.58. The van der Waals surface area contributed by atoms with Crippen molar-refractivity contribution in [3.05, 3.63) is 60.2 Å². The quantitative estimate of drug-likeness (QED) is 0.778. The number of rotatable bonds is 5. The van der Waals surface area contributed by atoms with Crippen molar-refractivity contribution in [1.82, 2.24) is 9.88 Å². The van der Waals surface area contributed by atoms with Crippen LogP contribution < -0.4 is 5.32 Å². The van der Waals surface area contributed by atoms with E-state index in [0.29, 0.717) is 13.0 Å². The highest BCUT2D eigenvalue weighted by Crippen LogP contribution is 2.17.